The molecule has 3 rings (SSSR count). The Bertz CT molecular complexity index is 852. The number of amides is 1. The summed E-state index contributed by atoms with van der Waals surface area (Å²) in [7, 11) is 0. The summed E-state index contributed by atoms with van der Waals surface area (Å²) in [4.78, 5) is 18.2. The summed E-state index contributed by atoms with van der Waals surface area (Å²) in [5, 5.41) is 7.86. The van der Waals surface area contributed by atoms with Crippen molar-refractivity contribution < 1.29 is 18.3 Å². The Morgan fingerprint density at radius 2 is 2.04 bits per heavy atom. The van der Waals surface area contributed by atoms with Gasteiger partial charge in [-0.15, -0.1) is 10.2 Å². The van der Waals surface area contributed by atoms with Gasteiger partial charge in [0.1, 0.15) is 17.6 Å². The number of rotatable bonds is 4. The summed E-state index contributed by atoms with van der Waals surface area (Å²) in [5.41, 5.74) is -1.62. The standard InChI is InChI=1S/C19H21ClF2N4O2/c1-18(2,3)28-17(27)26(15-7-6-14(20)24-25-15)11-19(9-12(21)10-19)16-13(22)5-4-8-23-16/h4-8,12H,9-11H2,1-3H3. The van der Waals surface area contributed by atoms with E-state index in [4.69, 9.17) is 16.3 Å². The van der Waals surface area contributed by atoms with Gasteiger partial charge >= 0.3 is 6.09 Å². The third-order valence-corrected chi connectivity index (χ3v) is 4.66. The molecule has 0 aromatic carbocycles. The largest absolute Gasteiger partial charge is 0.443 e. The fraction of sp³-hybridized carbons (Fsp3) is 0.474. The first-order chi connectivity index (χ1) is 13.1. The molecule has 0 aliphatic heterocycles. The number of hydrogen-bond donors (Lipinski definition) is 0. The molecule has 1 aliphatic carbocycles. The predicted octanol–water partition coefficient (Wildman–Crippen LogP) is 4.48. The molecule has 150 valence electrons. The second kappa shape index (κ2) is 7.58. The first-order valence-electron chi connectivity index (χ1n) is 8.84. The van der Waals surface area contributed by atoms with Crippen molar-refractivity contribution in [1.82, 2.24) is 15.2 Å². The van der Waals surface area contributed by atoms with Crippen LogP contribution in [-0.2, 0) is 10.2 Å². The van der Waals surface area contributed by atoms with Crippen LogP contribution in [0.3, 0.4) is 0 Å². The quantitative estimate of drug-likeness (QED) is 0.743. The van der Waals surface area contributed by atoms with Crippen LogP contribution >= 0.6 is 11.6 Å². The number of carbonyl (C=O) groups is 1. The van der Waals surface area contributed by atoms with Gasteiger partial charge in [0, 0.05) is 18.2 Å². The number of halogens is 3. The Kier molecular flexibility index (Phi) is 5.52. The van der Waals surface area contributed by atoms with Crippen LogP contribution in [0, 0.1) is 5.82 Å². The lowest BCUT2D eigenvalue weighted by atomic mass is 9.64. The molecule has 0 N–H and O–H groups in total. The third-order valence-electron chi connectivity index (χ3n) is 4.45. The molecule has 1 aliphatic rings. The topological polar surface area (TPSA) is 68.2 Å². The molecule has 28 heavy (non-hydrogen) atoms. The van der Waals surface area contributed by atoms with E-state index in [1.165, 1.54) is 35.4 Å². The van der Waals surface area contributed by atoms with Crippen molar-refractivity contribution in [2.75, 3.05) is 11.4 Å². The van der Waals surface area contributed by atoms with Gasteiger partial charge in [0.25, 0.3) is 0 Å². The van der Waals surface area contributed by atoms with Crippen LogP contribution < -0.4 is 4.90 Å². The maximum absolute atomic E-state index is 14.4. The van der Waals surface area contributed by atoms with Crippen molar-refractivity contribution in [3.63, 3.8) is 0 Å². The van der Waals surface area contributed by atoms with E-state index in [-0.39, 0.29) is 36.1 Å². The van der Waals surface area contributed by atoms with Gasteiger partial charge in [-0.2, -0.15) is 0 Å². The van der Waals surface area contributed by atoms with Crippen molar-refractivity contribution in [3.8, 4) is 0 Å². The van der Waals surface area contributed by atoms with Gasteiger partial charge in [0.15, 0.2) is 11.0 Å². The van der Waals surface area contributed by atoms with Gasteiger partial charge in [-0.3, -0.25) is 9.88 Å². The molecular formula is C19H21ClF2N4O2. The lowest BCUT2D eigenvalue weighted by molar-refractivity contribution is 0.0507. The smallest absolute Gasteiger partial charge is 0.416 e. The monoisotopic (exact) mass is 410 g/mol. The summed E-state index contributed by atoms with van der Waals surface area (Å²) >= 11 is 5.79. The molecule has 2 heterocycles. The fourth-order valence-electron chi connectivity index (χ4n) is 3.27. The van der Waals surface area contributed by atoms with Crippen molar-refractivity contribution >= 4 is 23.5 Å². The lowest BCUT2D eigenvalue weighted by Crippen LogP contribution is -2.54. The van der Waals surface area contributed by atoms with E-state index in [1.54, 1.807) is 20.8 Å². The van der Waals surface area contributed by atoms with Gasteiger partial charge in [-0.05, 0) is 57.9 Å². The van der Waals surface area contributed by atoms with Gasteiger partial charge < -0.3 is 4.74 Å². The Labute approximate surface area is 166 Å². The van der Waals surface area contributed by atoms with E-state index in [0.717, 1.165) is 0 Å². The van der Waals surface area contributed by atoms with Crippen molar-refractivity contribution in [1.29, 1.82) is 0 Å². The molecule has 1 fully saturated rings. The molecule has 2 aromatic heterocycles. The molecule has 0 saturated heterocycles. The minimum Gasteiger partial charge on any atom is -0.443 e. The number of aromatic nitrogens is 3. The highest BCUT2D eigenvalue weighted by atomic mass is 35.5. The molecule has 0 radical (unpaired) electrons. The lowest BCUT2D eigenvalue weighted by Gasteiger charge is -2.46. The van der Waals surface area contributed by atoms with E-state index >= 15 is 0 Å². The van der Waals surface area contributed by atoms with E-state index in [1.807, 2.05) is 0 Å². The molecule has 0 spiro atoms. The number of ether oxygens (including phenoxy) is 1. The average Bonchev–Trinajstić information content (AvgIpc) is 2.57. The Balaban J connectivity index is 1.98. The van der Waals surface area contributed by atoms with Crippen LogP contribution in [0.15, 0.2) is 30.5 Å². The number of hydrogen-bond acceptors (Lipinski definition) is 5. The van der Waals surface area contributed by atoms with Crippen LogP contribution in [0.25, 0.3) is 0 Å². The van der Waals surface area contributed by atoms with Crippen LogP contribution in [0.4, 0.5) is 19.4 Å². The molecule has 0 bridgehead atoms. The maximum Gasteiger partial charge on any atom is 0.416 e. The highest BCUT2D eigenvalue weighted by Gasteiger charge is 2.51. The Morgan fingerprint density at radius 1 is 1.32 bits per heavy atom. The van der Waals surface area contributed by atoms with Crippen molar-refractivity contribution in [2.24, 2.45) is 0 Å². The molecule has 6 nitrogen and oxygen atoms in total. The number of alkyl halides is 1. The minimum absolute atomic E-state index is 0.0429. The van der Waals surface area contributed by atoms with E-state index in [0.29, 0.717) is 0 Å². The molecule has 2 aromatic rings. The average molecular weight is 411 g/mol. The van der Waals surface area contributed by atoms with Gasteiger partial charge in [-0.1, -0.05) is 11.6 Å². The summed E-state index contributed by atoms with van der Waals surface area (Å²) in [6.45, 7) is 5.13. The first kappa shape index (κ1) is 20.4. The normalized spacial score (nSPS) is 21.7. The predicted molar refractivity (Wildman–Crippen MR) is 101 cm³/mol. The number of pyridine rings is 1. The second-order valence-electron chi connectivity index (χ2n) is 7.90. The number of carbonyl (C=O) groups excluding carboxylic acids is 1. The highest BCUT2D eigenvalue weighted by molar-refractivity contribution is 6.29. The van der Waals surface area contributed by atoms with E-state index in [9.17, 15) is 13.6 Å². The molecule has 1 amide bonds. The maximum atomic E-state index is 14.4. The molecule has 9 heteroatoms. The summed E-state index contributed by atoms with van der Waals surface area (Å²) in [5.74, 6) is -0.364. The highest BCUT2D eigenvalue weighted by Crippen LogP contribution is 2.46. The van der Waals surface area contributed by atoms with Crippen LogP contribution in [-0.4, -0.2) is 39.6 Å². The third kappa shape index (κ3) is 4.38. The molecule has 0 unspecified atom stereocenters. The zero-order valence-electron chi connectivity index (χ0n) is 15.8. The first-order valence-corrected chi connectivity index (χ1v) is 9.22. The van der Waals surface area contributed by atoms with Crippen molar-refractivity contribution in [3.05, 3.63) is 47.1 Å². The number of anilines is 1. The summed E-state index contributed by atoms with van der Waals surface area (Å²) < 4.78 is 33.8. The van der Waals surface area contributed by atoms with E-state index < -0.39 is 29.1 Å². The zero-order chi connectivity index (χ0) is 20.5. The summed E-state index contributed by atoms with van der Waals surface area (Å²) in [6, 6.07) is 5.73. The van der Waals surface area contributed by atoms with Crippen LogP contribution in [0.5, 0.6) is 0 Å². The molecule has 1 saturated carbocycles. The van der Waals surface area contributed by atoms with Gasteiger partial charge in [-0.25, -0.2) is 13.6 Å². The second-order valence-corrected chi connectivity index (χ2v) is 8.29. The minimum atomic E-state index is -1.10. The van der Waals surface area contributed by atoms with E-state index in [2.05, 4.69) is 15.2 Å². The van der Waals surface area contributed by atoms with Gasteiger partial charge in [0.2, 0.25) is 0 Å². The Morgan fingerprint density at radius 3 is 2.57 bits per heavy atom. The van der Waals surface area contributed by atoms with Crippen LogP contribution in [0.2, 0.25) is 5.15 Å². The van der Waals surface area contributed by atoms with Crippen LogP contribution in [0.1, 0.15) is 39.3 Å². The Hall–Kier alpha value is -2.35. The van der Waals surface area contributed by atoms with Gasteiger partial charge in [0.05, 0.1) is 5.69 Å². The SMILES string of the molecule is CC(C)(C)OC(=O)N(CC1(c2ncccc2F)CC(F)C1)c1ccc(Cl)nn1. The zero-order valence-corrected chi connectivity index (χ0v) is 16.6. The number of nitrogens with zero attached hydrogens (tertiary/aromatic N) is 4. The molecule has 0 atom stereocenters. The molecular weight excluding hydrogens is 390 g/mol. The fourth-order valence-corrected chi connectivity index (χ4v) is 3.37. The summed E-state index contributed by atoms with van der Waals surface area (Å²) in [6.07, 6.45) is -0.256. The van der Waals surface area contributed by atoms with Crippen molar-refractivity contribution in [2.45, 2.75) is 50.8 Å².